The molecule has 0 saturated heterocycles. The average molecular weight is 242 g/mol. The lowest BCUT2D eigenvalue weighted by Gasteiger charge is -2.17. The molecule has 2 amide bonds. The number of hydrogen-bond acceptors (Lipinski definition) is 2. The highest BCUT2D eigenvalue weighted by Gasteiger charge is 2.30. The van der Waals surface area contributed by atoms with E-state index < -0.39 is 5.97 Å². The Morgan fingerprint density at radius 1 is 1.41 bits per heavy atom. The van der Waals surface area contributed by atoms with Crippen LogP contribution in [0.3, 0.4) is 0 Å². The van der Waals surface area contributed by atoms with Crippen LogP contribution in [0.25, 0.3) is 0 Å². The maximum absolute atomic E-state index is 11.6. The topological polar surface area (TPSA) is 78.4 Å². The van der Waals surface area contributed by atoms with Crippen LogP contribution in [0.2, 0.25) is 0 Å². The molecule has 5 heteroatoms. The number of hydrogen-bond donors (Lipinski definition) is 3. The maximum atomic E-state index is 11.6. The summed E-state index contributed by atoms with van der Waals surface area (Å²) < 4.78 is 0. The summed E-state index contributed by atoms with van der Waals surface area (Å²) in [5.74, 6) is -1.05. The number of urea groups is 1. The van der Waals surface area contributed by atoms with Crippen LogP contribution in [0, 0.1) is 5.92 Å². The van der Waals surface area contributed by atoms with Gasteiger partial charge in [0.25, 0.3) is 0 Å². The van der Waals surface area contributed by atoms with E-state index in [0.717, 1.165) is 19.3 Å². The lowest BCUT2D eigenvalue weighted by Crippen LogP contribution is -2.44. The number of nitrogens with one attached hydrogen (secondary N) is 2. The molecule has 0 aliphatic heterocycles. The highest BCUT2D eigenvalue weighted by atomic mass is 16.4. The second-order valence-corrected chi connectivity index (χ2v) is 4.85. The van der Waals surface area contributed by atoms with Crippen molar-refractivity contribution >= 4 is 12.0 Å². The van der Waals surface area contributed by atoms with Gasteiger partial charge in [-0.2, -0.15) is 0 Å². The molecular weight excluding hydrogens is 220 g/mol. The Bertz CT molecular complexity index is 281. The first-order valence-electron chi connectivity index (χ1n) is 6.32. The van der Waals surface area contributed by atoms with Gasteiger partial charge in [0.1, 0.15) is 0 Å². The van der Waals surface area contributed by atoms with Crippen LogP contribution in [0.15, 0.2) is 0 Å². The van der Waals surface area contributed by atoms with Crippen molar-refractivity contribution in [2.24, 2.45) is 5.92 Å². The van der Waals surface area contributed by atoms with E-state index in [1.807, 2.05) is 6.92 Å². The molecule has 17 heavy (non-hydrogen) atoms. The first kappa shape index (κ1) is 13.8. The summed E-state index contributed by atoms with van der Waals surface area (Å²) in [4.78, 5) is 22.4. The number of carboxylic acid groups (broad SMARTS) is 1. The van der Waals surface area contributed by atoms with E-state index in [2.05, 4.69) is 17.6 Å². The second-order valence-electron chi connectivity index (χ2n) is 4.85. The van der Waals surface area contributed by atoms with Gasteiger partial charge in [-0.1, -0.05) is 13.3 Å². The van der Waals surface area contributed by atoms with Crippen LogP contribution in [0.4, 0.5) is 4.79 Å². The molecule has 5 nitrogen and oxygen atoms in total. The third kappa shape index (κ3) is 4.63. The van der Waals surface area contributed by atoms with Gasteiger partial charge in [-0.05, 0) is 32.6 Å². The fourth-order valence-corrected chi connectivity index (χ4v) is 2.29. The number of carbonyl (C=O) groups is 2. The van der Waals surface area contributed by atoms with Gasteiger partial charge in [0.15, 0.2) is 0 Å². The Labute approximate surface area is 102 Å². The highest BCUT2D eigenvalue weighted by Crippen LogP contribution is 2.25. The Kier molecular flexibility index (Phi) is 5.25. The van der Waals surface area contributed by atoms with Crippen molar-refractivity contribution in [2.75, 3.05) is 0 Å². The van der Waals surface area contributed by atoms with Crippen LogP contribution < -0.4 is 10.6 Å². The molecule has 1 fully saturated rings. The van der Waals surface area contributed by atoms with Crippen molar-refractivity contribution in [1.82, 2.24) is 10.6 Å². The van der Waals surface area contributed by atoms with Crippen LogP contribution in [0.1, 0.15) is 46.0 Å². The monoisotopic (exact) mass is 242 g/mol. The van der Waals surface area contributed by atoms with Gasteiger partial charge in [-0.25, -0.2) is 4.79 Å². The minimum absolute atomic E-state index is 0.00456. The lowest BCUT2D eigenvalue weighted by atomic mass is 10.1. The number of carbonyl (C=O) groups excluding carboxylic acids is 1. The van der Waals surface area contributed by atoms with Crippen molar-refractivity contribution in [2.45, 2.75) is 58.0 Å². The van der Waals surface area contributed by atoms with E-state index in [1.165, 1.54) is 0 Å². The van der Waals surface area contributed by atoms with E-state index in [0.29, 0.717) is 12.8 Å². The quantitative estimate of drug-likeness (QED) is 0.687. The Balaban J connectivity index is 2.26. The van der Waals surface area contributed by atoms with Gasteiger partial charge >= 0.3 is 12.0 Å². The van der Waals surface area contributed by atoms with E-state index in [4.69, 9.17) is 5.11 Å². The molecular formula is C12H22N2O3. The molecule has 0 bridgehead atoms. The van der Waals surface area contributed by atoms with Crippen LogP contribution in [0.5, 0.6) is 0 Å². The van der Waals surface area contributed by atoms with Gasteiger partial charge < -0.3 is 15.7 Å². The largest absolute Gasteiger partial charge is 0.481 e. The van der Waals surface area contributed by atoms with Gasteiger partial charge in [-0.3, -0.25) is 4.79 Å². The number of aliphatic carboxylic acids is 1. The zero-order chi connectivity index (χ0) is 12.8. The van der Waals surface area contributed by atoms with Gasteiger partial charge in [0, 0.05) is 12.1 Å². The third-order valence-electron chi connectivity index (χ3n) is 3.22. The van der Waals surface area contributed by atoms with E-state index in [1.54, 1.807) is 0 Å². The van der Waals surface area contributed by atoms with E-state index >= 15 is 0 Å². The molecule has 0 radical (unpaired) electrons. The van der Waals surface area contributed by atoms with Crippen molar-refractivity contribution in [3.63, 3.8) is 0 Å². The SMILES string of the molecule is CCCC(C)NC(=O)N[C@H]1CC[C@@H](C(=O)O)C1. The van der Waals surface area contributed by atoms with Crippen molar-refractivity contribution in [3.05, 3.63) is 0 Å². The van der Waals surface area contributed by atoms with E-state index in [-0.39, 0.29) is 24.0 Å². The normalized spacial score (nSPS) is 25.3. The maximum Gasteiger partial charge on any atom is 0.315 e. The van der Waals surface area contributed by atoms with E-state index in [9.17, 15) is 9.59 Å². The molecule has 0 aromatic heterocycles. The predicted octanol–water partition coefficient (Wildman–Crippen LogP) is 1.73. The summed E-state index contributed by atoms with van der Waals surface area (Å²) in [6.45, 7) is 4.04. The molecule has 1 rings (SSSR count). The minimum Gasteiger partial charge on any atom is -0.481 e. The first-order chi connectivity index (χ1) is 8.02. The predicted molar refractivity (Wildman–Crippen MR) is 64.8 cm³/mol. The summed E-state index contributed by atoms with van der Waals surface area (Å²) in [7, 11) is 0. The number of carboxylic acids is 1. The first-order valence-corrected chi connectivity index (χ1v) is 6.32. The summed E-state index contributed by atoms with van der Waals surface area (Å²) in [5.41, 5.74) is 0. The molecule has 3 N–H and O–H groups in total. The van der Waals surface area contributed by atoms with Crippen LogP contribution >= 0.6 is 0 Å². The molecule has 1 unspecified atom stereocenters. The molecule has 3 atom stereocenters. The van der Waals surface area contributed by atoms with Gasteiger partial charge in [-0.15, -0.1) is 0 Å². The summed E-state index contributed by atoms with van der Waals surface area (Å²) in [6, 6.07) is -0.0106. The molecule has 1 aliphatic carbocycles. The van der Waals surface area contributed by atoms with Gasteiger partial charge in [0.05, 0.1) is 5.92 Å². The molecule has 0 aromatic rings. The smallest absolute Gasteiger partial charge is 0.315 e. The molecule has 1 aliphatic rings. The molecule has 98 valence electrons. The second kappa shape index (κ2) is 6.47. The zero-order valence-corrected chi connectivity index (χ0v) is 10.5. The molecule has 1 saturated carbocycles. The minimum atomic E-state index is -0.756. The standard InChI is InChI=1S/C12H22N2O3/c1-3-4-8(2)13-12(17)14-10-6-5-9(7-10)11(15)16/h8-10H,3-7H2,1-2H3,(H,15,16)(H2,13,14,17)/t8?,9-,10+/m1/s1. The Morgan fingerprint density at radius 2 is 2.12 bits per heavy atom. The zero-order valence-electron chi connectivity index (χ0n) is 10.5. The fraction of sp³-hybridized carbons (Fsp3) is 0.833. The number of amides is 2. The summed E-state index contributed by atoms with van der Waals surface area (Å²) in [5, 5.41) is 14.5. The third-order valence-corrected chi connectivity index (χ3v) is 3.22. The number of rotatable bonds is 5. The van der Waals surface area contributed by atoms with Gasteiger partial charge in [0.2, 0.25) is 0 Å². The highest BCUT2D eigenvalue weighted by molar-refractivity contribution is 5.75. The average Bonchev–Trinajstić information content (AvgIpc) is 2.66. The van der Waals surface area contributed by atoms with Crippen molar-refractivity contribution in [1.29, 1.82) is 0 Å². The molecule has 0 heterocycles. The van der Waals surface area contributed by atoms with Crippen molar-refractivity contribution < 1.29 is 14.7 Å². The summed E-state index contributed by atoms with van der Waals surface area (Å²) in [6.07, 6.45) is 3.95. The summed E-state index contributed by atoms with van der Waals surface area (Å²) >= 11 is 0. The molecule has 0 spiro atoms. The Hall–Kier alpha value is -1.26. The van der Waals surface area contributed by atoms with Crippen molar-refractivity contribution in [3.8, 4) is 0 Å². The van der Waals surface area contributed by atoms with Crippen LogP contribution in [-0.2, 0) is 4.79 Å². The van der Waals surface area contributed by atoms with Crippen LogP contribution in [-0.4, -0.2) is 29.2 Å². The lowest BCUT2D eigenvalue weighted by molar-refractivity contribution is -0.141. The fourth-order valence-electron chi connectivity index (χ4n) is 2.29. The Morgan fingerprint density at radius 3 is 2.65 bits per heavy atom. The molecule has 0 aromatic carbocycles.